The van der Waals surface area contributed by atoms with Crippen LogP contribution in [0.5, 0.6) is 5.88 Å². The van der Waals surface area contributed by atoms with Crippen molar-refractivity contribution in [3.63, 3.8) is 0 Å². The van der Waals surface area contributed by atoms with Crippen molar-refractivity contribution in [3.05, 3.63) is 44.7 Å². The molecule has 1 heterocycles. The van der Waals surface area contributed by atoms with E-state index >= 15 is 0 Å². The summed E-state index contributed by atoms with van der Waals surface area (Å²) in [5, 5.41) is 9.37. The van der Waals surface area contributed by atoms with E-state index in [1.54, 1.807) is 0 Å². The molecule has 8 heteroatoms. The zero-order valence-electron chi connectivity index (χ0n) is 9.12. The number of alkyl halides is 3. The van der Waals surface area contributed by atoms with E-state index in [0.29, 0.717) is 0 Å². The molecule has 0 spiro atoms. The van der Waals surface area contributed by atoms with Crippen LogP contribution in [-0.2, 0) is 6.18 Å². The fourth-order valence-electron chi connectivity index (χ4n) is 1.40. The number of aromatic hydroxyl groups is 1. The highest BCUT2D eigenvalue weighted by molar-refractivity contribution is 9.10. The molecular weight excluding hydrogens is 329 g/mol. The molecule has 100 valence electrons. The van der Waals surface area contributed by atoms with Crippen molar-refractivity contribution in [1.82, 2.24) is 9.97 Å². The number of H-pyrrole nitrogens is 1. The molecule has 0 saturated heterocycles. The van der Waals surface area contributed by atoms with Crippen molar-refractivity contribution in [2.45, 2.75) is 6.18 Å². The van der Waals surface area contributed by atoms with E-state index in [1.165, 1.54) is 0 Å². The number of aromatic nitrogens is 2. The summed E-state index contributed by atoms with van der Waals surface area (Å²) >= 11 is 2.82. The largest absolute Gasteiger partial charge is 0.492 e. The molecule has 2 N–H and O–H groups in total. The monoisotopic (exact) mass is 334 g/mol. The average molecular weight is 335 g/mol. The quantitative estimate of drug-likeness (QED) is 0.842. The molecule has 0 atom stereocenters. The molecule has 0 aliphatic rings. The first-order valence-electron chi connectivity index (χ1n) is 4.95. The Balaban J connectivity index is 2.46. The van der Waals surface area contributed by atoms with Crippen molar-refractivity contribution in [3.8, 4) is 17.3 Å². The number of aromatic amines is 1. The molecule has 0 fully saturated rings. The van der Waals surface area contributed by atoms with Gasteiger partial charge in [-0.2, -0.15) is 18.2 Å². The highest BCUT2D eigenvalue weighted by Gasteiger charge is 2.30. The van der Waals surface area contributed by atoms with Gasteiger partial charge >= 0.3 is 6.18 Å². The molecule has 0 bridgehead atoms. The topological polar surface area (TPSA) is 66.0 Å². The highest BCUT2D eigenvalue weighted by atomic mass is 79.9. The van der Waals surface area contributed by atoms with E-state index in [2.05, 4.69) is 25.9 Å². The Hall–Kier alpha value is -1.83. The van der Waals surface area contributed by atoms with Crippen LogP contribution in [0.15, 0.2) is 33.5 Å². The first-order valence-corrected chi connectivity index (χ1v) is 5.75. The van der Waals surface area contributed by atoms with Gasteiger partial charge in [0.2, 0.25) is 5.88 Å². The molecule has 19 heavy (non-hydrogen) atoms. The molecule has 0 aliphatic heterocycles. The minimum Gasteiger partial charge on any atom is -0.492 e. The summed E-state index contributed by atoms with van der Waals surface area (Å²) in [6.45, 7) is 0. The molecule has 0 saturated carbocycles. The van der Waals surface area contributed by atoms with Gasteiger partial charge in [0, 0.05) is 5.56 Å². The van der Waals surface area contributed by atoms with Crippen LogP contribution < -0.4 is 5.56 Å². The number of nitrogens with zero attached hydrogens (tertiary/aromatic N) is 1. The molecule has 2 aromatic rings. The molecule has 0 unspecified atom stereocenters. The second-order valence-electron chi connectivity index (χ2n) is 3.63. The van der Waals surface area contributed by atoms with Crippen LogP contribution in [0, 0.1) is 0 Å². The molecule has 1 aromatic carbocycles. The number of benzene rings is 1. The third kappa shape index (κ3) is 2.78. The maximum absolute atomic E-state index is 12.4. The van der Waals surface area contributed by atoms with Crippen LogP contribution in [0.3, 0.4) is 0 Å². The molecule has 0 aliphatic carbocycles. The third-order valence-electron chi connectivity index (χ3n) is 2.33. The Bertz CT molecular complexity index is 665. The lowest BCUT2D eigenvalue weighted by molar-refractivity contribution is -0.137. The van der Waals surface area contributed by atoms with Gasteiger partial charge in [-0.15, -0.1) is 0 Å². The maximum Gasteiger partial charge on any atom is 0.416 e. The van der Waals surface area contributed by atoms with Gasteiger partial charge in [-0.25, -0.2) is 0 Å². The summed E-state index contributed by atoms with van der Waals surface area (Å²) in [5.74, 6) is -0.543. The average Bonchev–Trinajstić information content (AvgIpc) is 2.34. The number of rotatable bonds is 1. The Morgan fingerprint density at radius 2 is 1.79 bits per heavy atom. The van der Waals surface area contributed by atoms with Gasteiger partial charge in [0.15, 0.2) is 0 Å². The molecule has 1 aromatic heterocycles. The minimum absolute atomic E-state index is 0.0144. The van der Waals surface area contributed by atoms with Crippen molar-refractivity contribution >= 4 is 15.9 Å². The predicted octanol–water partition coefficient (Wildman–Crippen LogP) is 2.92. The van der Waals surface area contributed by atoms with E-state index in [-0.39, 0.29) is 15.9 Å². The molecular formula is C11H6BrF3N2O2. The third-order valence-corrected chi connectivity index (χ3v) is 3.05. The summed E-state index contributed by atoms with van der Waals surface area (Å²) in [4.78, 5) is 17.4. The van der Waals surface area contributed by atoms with Crippen LogP contribution in [-0.4, -0.2) is 15.1 Å². The fourth-order valence-corrected chi connectivity index (χ4v) is 1.59. The zero-order valence-corrected chi connectivity index (χ0v) is 10.7. The van der Waals surface area contributed by atoms with Crippen LogP contribution in [0.1, 0.15) is 5.56 Å². The van der Waals surface area contributed by atoms with Crippen molar-refractivity contribution in [2.75, 3.05) is 0 Å². The standard InChI is InChI=1S/C11H6BrF3N2O2/c12-7-9(18)16-8(17-10(7)19)5-1-3-6(4-2-5)11(13,14)15/h1-4H,(H2,16,17,18,19). The smallest absolute Gasteiger partial charge is 0.416 e. The molecule has 4 nitrogen and oxygen atoms in total. The van der Waals surface area contributed by atoms with E-state index in [4.69, 9.17) is 0 Å². The van der Waals surface area contributed by atoms with Gasteiger partial charge in [0.05, 0.1) is 5.56 Å². The molecule has 0 amide bonds. The van der Waals surface area contributed by atoms with Crippen molar-refractivity contribution in [2.24, 2.45) is 0 Å². The first kappa shape index (κ1) is 13.6. The second kappa shape index (κ2) is 4.69. The Morgan fingerprint density at radius 3 is 2.26 bits per heavy atom. The summed E-state index contributed by atoms with van der Waals surface area (Å²) in [5.41, 5.74) is -1.17. The fraction of sp³-hybridized carbons (Fsp3) is 0.0909. The van der Waals surface area contributed by atoms with Crippen LogP contribution in [0.25, 0.3) is 11.4 Å². The number of hydrogen-bond donors (Lipinski definition) is 2. The van der Waals surface area contributed by atoms with Crippen molar-refractivity contribution in [1.29, 1.82) is 0 Å². The van der Waals surface area contributed by atoms with Crippen LogP contribution in [0.4, 0.5) is 13.2 Å². The zero-order chi connectivity index (χ0) is 14.2. The van der Waals surface area contributed by atoms with Gasteiger partial charge < -0.3 is 10.1 Å². The summed E-state index contributed by atoms with van der Waals surface area (Å²) in [6.07, 6.45) is -4.43. The van der Waals surface area contributed by atoms with Gasteiger partial charge in [0.1, 0.15) is 10.3 Å². The van der Waals surface area contributed by atoms with Crippen LogP contribution in [0.2, 0.25) is 0 Å². The van der Waals surface area contributed by atoms with E-state index in [1.807, 2.05) is 0 Å². The normalized spacial score (nSPS) is 11.6. The Morgan fingerprint density at radius 1 is 1.21 bits per heavy atom. The van der Waals surface area contributed by atoms with E-state index in [0.717, 1.165) is 24.3 Å². The Labute approximate surface area is 113 Å². The SMILES string of the molecule is O=c1[nH]c(-c2ccc(C(F)(F)F)cc2)nc(O)c1Br. The lowest BCUT2D eigenvalue weighted by Crippen LogP contribution is -2.10. The van der Waals surface area contributed by atoms with E-state index in [9.17, 15) is 23.1 Å². The van der Waals surface area contributed by atoms with E-state index < -0.39 is 23.2 Å². The molecule has 2 rings (SSSR count). The van der Waals surface area contributed by atoms with Gasteiger partial charge in [-0.3, -0.25) is 4.79 Å². The number of hydrogen-bond acceptors (Lipinski definition) is 3. The Kier molecular flexibility index (Phi) is 3.36. The van der Waals surface area contributed by atoms with Crippen molar-refractivity contribution < 1.29 is 18.3 Å². The number of halogens is 4. The first-order chi connectivity index (χ1) is 8.79. The lowest BCUT2D eigenvalue weighted by atomic mass is 10.1. The van der Waals surface area contributed by atoms with Gasteiger partial charge in [0.25, 0.3) is 5.56 Å². The maximum atomic E-state index is 12.4. The van der Waals surface area contributed by atoms with Gasteiger partial charge in [-0.1, -0.05) is 12.1 Å². The highest BCUT2D eigenvalue weighted by Crippen LogP contribution is 2.30. The second-order valence-corrected chi connectivity index (χ2v) is 4.42. The predicted molar refractivity (Wildman–Crippen MR) is 64.7 cm³/mol. The summed E-state index contributed by atoms with van der Waals surface area (Å²) in [7, 11) is 0. The number of nitrogens with one attached hydrogen (secondary N) is 1. The summed E-state index contributed by atoms with van der Waals surface area (Å²) < 4.78 is 37.0. The summed E-state index contributed by atoms with van der Waals surface area (Å²) in [6, 6.07) is 4.06. The lowest BCUT2D eigenvalue weighted by Gasteiger charge is -2.07. The minimum atomic E-state index is -4.43. The van der Waals surface area contributed by atoms with Crippen LogP contribution >= 0.6 is 15.9 Å². The molecule has 0 radical (unpaired) electrons. The van der Waals surface area contributed by atoms with Gasteiger partial charge in [-0.05, 0) is 28.1 Å².